The second-order valence-electron chi connectivity index (χ2n) is 3.69. The van der Waals surface area contributed by atoms with E-state index in [1.54, 1.807) is 11.3 Å². The second-order valence-corrected chi connectivity index (χ2v) is 5.64. The van der Waals surface area contributed by atoms with Gasteiger partial charge in [-0.25, -0.2) is 0 Å². The molecule has 0 saturated carbocycles. The first kappa shape index (κ1) is 11.8. The van der Waals surface area contributed by atoms with Gasteiger partial charge in [0.1, 0.15) is 0 Å². The molecule has 0 aliphatic carbocycles. The molecule has 0 aliphatic heterocycles. The largest absolute Gasteiger partial charge is 0.309 e. The van der Waals surface area contributed by atoms with Gasteiger partial charge in [0, 0.05) is 28.4 Å². The zero-order valence-corrected chi connectivity index (χ0v) is 11.0. The fourth-order valence-electron chi connectivity index (χ4n) is 1.63. The topological polar surface area (TPSA) is 24.9 Å². The van der Waals surface area contributed by atoms with Crippen LogP contribution in [0.3, 0.4) is 0 Å². The lowest BCUT2D eigenvalue weighted by atomic mass is 10.1. The number of nitrogens with one attached hydrogen (secondary N) is 1. The molecule has 2 aromatic rings. The number of aromatic nitrogens is 1. The Morgan fingerprint density at radius 2 is 2.38 bits per heavy atom. The van der Waals surface area contributed by atoms with Crippen LogP contribution < -0.4 is 5.32 Å². The summed E-state index contributed by atoms with van der Waals surface area (Å²) in [6.45, 7) is 3.27. The highest BCUT2D eigenvalue weighted by Gasteiger charge is 2.12. The van der Waals surface area contributed by atoms with Crippen LogP contribution in [0.15, 0.2) is 29.2 Å². The quantitative estimate of drug-likeness (QED) is 0.851. The molecule has 2 rings (SSSR count). The molecule has 2 nitrogen and oxygen atoms in total. The standard InChI is InChI=1S/C12H16N2S2/c1-2-5-14-11(12-4-3-6-15-12)7-10-8-13-9-16-10/h3-4,6,8-9,11,14H,2,5,7H2,1H3. The SMILES string of the molecule is CCCNC(Cc1cncs1)c1cccs1. The smallest absolute Gasteiger partial charge is 0.0794 e. The van der Waals surface area contributed by atoms with Crippen LogP contribution in [0, 0.1) is 0 Å². The molecule has 1 atom stereocenters. The molecule has 0 aliphatic rings. The van der Waals surface area contributed by atoms with Crippen LogP contribution in [0.25, 0.3) is 0 Å². The number of thiazole rings is 1. The lowest BCUT2D eigenvalue weighted by molar-refractivity contribution is 0.539. The van der Waals surface area contributed by atoms with Crippen molar-refractivity contribution in [3.63, 3.8) is 0 Å². The number of thiophene rings is 1. The molecular weight excluding hydrogens is 236 g/mol. The molecule has 2 heterocycles. The summed E-state index contributed by atoms with van der Waals surface area (Å²) >= 11 is 3.56. The van der Waals surface area contributed by atoms with Crippen LogP contribution in [-0.4, -0.2) is 11.5 Å². The Bertz CT molecular complexity index is 381. The highest BCUT2D eigenvalue weighted by atomic mass is 32.1. The van der Waals surface area contributed by atoms with E-state index in [2.05, 4.69) is 34.7 Å². The first-order valence-corrected chi connectivity index (χ1v) is 7.30. The minimum Gasteiger partial charge on any atom is -0.309 e. The van der Waals surface area contributed by atoms with Crippen LogP contribution in [0.4, 0.5) is 0 Å². The molecule has 16 heavy (non-hydrogen) atoms. The van der Waals surface area contributed by atoms with E-state index in [4.69, 9.17) is 0 Å². The Morgan fingerprint density at radius 1 is 1.44 bits per heavy atom. The molecule has 0 amide bonds. The summed E-state index contributed by atoms with van der Waals surface area (Å²) in [6.07, 6.45) is 4.19. The van der Waals surface area contributed by atoms with Crippen LogP contribution in [-0.2, 0) is 6.42 Å². The van der Waals surface area contributed by atoms with Crippen molar-refractivity contribution in [2.75, 3.05) is 6.54 Å². The molecule has 0 saturated heterocycles. The number of nitrogens with zero attached hydrogens (tertiary/aromatic N) is 1. The van der Waals surface area contributed by atoms with E-state index in [1.807, 2.05) is 23.0 Å². The molecule has 0 fully saturated rings. The van der Waals surface area contributed by atoms with Gasteiger partial charge in [-0.2, -0.15) is 0 Å². The Balaban J connectivity index is 2.03. The lowest BCUT2D eigenvalue weighted by Crippen LogP contribution is -2.22. The Morgan fingerprint density at radius 3 is 3.00 bits per heavy atom. The van der Waals surface area contributed by atoms with Gasteiger partial charge in [-0.1, -0.05) is 13.0 Å². The maximum Gasteiger partial charge on any atom is 0.0794 e. The summed E-state index contributed by atoms with van der Waals surface area (Å²) in [5.74, 6) is 0. The van der Waals surface area contributed by atoms with Gasteiger partial charge < -0.3 is 5.32 Å². The van der Waals surface area contributed by atoms with Crippen LogP contribution in [0.1, 0.15) is 29.1 Å². The third-order valence-electron chi connectivity index (χ3n) is 2.42. The summed E-state index contributed by atoms with van der Waals surface area (Å²) in [6, 6.07) is 4.77. The Hall–Kier alpha value is -0.710. The van der Waals surface area contributed by atoms with Gasteiger partial charge >= 0.3 is 0 Å². The summed E-state index contributed by atoms with van der Waals surface area (Å²) in [7, 11) is 0. The summed E-state index contributed by atoms with van der Waals surface area (Å²) < 4.78 is 0. The molecule has 0 spiro atoms. The first-order chi connectivity index (χ1) is 7.90. The van der Waals surface area contributed by atoms with Gasteiger partial charge in [-0.05, 0) is 24.4 Å². The van der Waals surface area contributed by atoms with Crippen molar-refractivity contribution in [2.45, 2.75) is 25.8 Å². The lowest BCUT2D eigenvalue weighted by Gasteiger charge is -2.15. The van der Waals surface area contributed by atoms with E-state index in [-0.39, 0.29) is 0 Å². The van der Waals surface area contributed by atoms with E-state index >= 15 is 0 Å². The molecule has 2 aromatic heterocycles. The minimum absolute atomic E-state index is 0.445. The zero-order valence-electron chi connectivity index (χ0n) is 9.35. The fraction of sp³-hybridized carbons (Fsp3) is 0.417. The second kappa shape index (κ2) is 6.13. The normalized spacial score (nSPS) is 12.8. The highest BCUT2D eigenvalue weighted by Crippen LogP contribution is 2.24. The maximum atomic E-state index is 4.13. The van der Waals surface area contributed by atoms with E-state index < -0.39 is 0 Å². The van der Waals surface area contributed by atoms with Crippen molar-refractivity contribution in [1.82, 2.24) is 10.3 Å². The molecular formula is C12H16N2S2. The van der Waals surface area contributed by atoms with Crippen molar-refractivity contribution in [1.29, 1.82) is 0 Å². The third kappa shape index (κ3) is 3.14. The van der Waals surface area contributed by atoms with Crippen LogP contribution >= 0.6 is 22.7 Å². The van der Waals surface area contributed by atoms with Crippen molar-refractivity contribution in [3.05, 3.63) is 39.0 Å². The van der Waals surface area contributed by atoms with E-state index in [1.165, 1.54) is 16.2 Å². The van der Waals surface area contributed by atoms with Gasteiger partial charge in [0.05, 0.1) is 5.51 Å². The number of hydrogen-bond donors (Lipinski definition) is 1. The van der Waals surface area contributed by atoms with Gasteiger partial charge in [0.2, 0.25) is 0 Å². The van der Waals surface area contributed by atoms with Crippen molar-refractivity contribution >= 4 is 22.7 Å². The predicted octanol–water partition coefficient (Wildman–Crippen LogP) is 3.49. The van der Waals surface area contributed by atoms with Crippen molar-refractivity contribution < 1.29 is 0 Å². The monoisotopic (exact) mass is 252 g/mol. The van der Waals surface area contributed by atoms with Crippen LogP contribution in [0.5, 0.6) is 0 Å². The highest BCUT2D eigenvalue weighted by molar-refractivity contribution is 7.10. The van der Waals surface area contributed by atoms with Crippen molar-refractivity contribution in [2.24, 2.45) is 0 Å². The summed E-state index contributed by atoms with van der Waals surface area (Å²) in [4.78, 5) is 6.90. The molecule has 86 valence electrons. The summed E-state index contributed by atoms with van der Waals surface area (Å²) in [5, 5.41) is 5.74. The molecule has 4 heteroatoms. The summed E-state index contributed by atoms with van der Waals surface area (Å²) in [5.41, 5.74) is 1.90. The minimum atomic E-state index is 0.445. The third-order valence-corrected chi connectivity index (χ3v) is 4.20. The average Bonchev–Trinajstić information content (AvgIpc) is 2.96. The van der Waals surface area contributed by atoms with Gasteiger partial charge in [-0.15, -0.1) is 22.7 Å². The average molecular weight is 252 g/mol. The predicted molar refractivity (Wildman–Crippen MR) is 71.2 cm³/mol. The number of rotatable bonds is 6. The molecule has 0 bridgehead atoms. The zero-order chi connectivity index (χ0) is 11.2. The van der Waals surface area contributed by atoms with E-state index in [0.717, 1.165) is 13.0 Å². The Labute approximate surface area is 104 Å². The Kier molecular flexibility index (Phi) is 4.51. The molecule has 0 aromatic carbocycles. The maximum absolute atomic E-state index is 4.13. The van der Waals surface area contributed by atoms with E-state index in [0.29, 0.717) is 6.04 Å². The first-order valence-electron chi connectivity index (χ1n) is 5.54. The van der Waals surface area contributed by atoms with Crippen LogP contribution in [0.2, 0.25) is 0 Å². The van der Waals surface area contributed by atoms with Crippen molar-refractivity contribution in [3.8, 4) is 0 Å². The van der Waals surface area contributed by atoms with Gasteiger partial charge in [0.15, 0.2) is 0 Å². The van der Waals surface area contributed by atoms with Gasteiger partial charge in [-0.3, -0.25) is 4.98 Å². The van der Waals surface area contributed by atoms with Gasteiger partial charge in [0.25, 0.3) is 0 Å². The molecule has 1 unspecified atom stereocenters. The number of hydrogen-bond acceptors (Lipinski definition) is 4. The molecule has 1 N–H and O–H groups in total. The van der Waals surface area contributed by atoms with E-state index in [9.17, 15) is 0 Å². The fourth-order valence-corrected chi connectivity index (χ4v) is 3.07. The molecule has 0 radical (unpaired) electrons.